The van der Waals surface area contributed by atoms with Gasteiger partial charge in [-0.25, -0.2) is 4.98 Å². The average Bonchev–Trinajstić information content (AvgIpc) is 2.62. The first-order valence-electron chi connectivity index (χ1n) is 8.00. The Hall–Kier alpha value is -3.08. The number of benzene rings is 2. The first kappa shape index (κ1) is 16.8. The molecular formula is C20H21N3O2. The van der Waals surface area contributed by atoms with Gasteiger partial charge in [-0.1, -0.05) is 18.2 Å². The second kappa shape index (κ2) is 7.21. The third-order valence-electron chi connectivity index (χ3n) is 4.07. The zero-order chi connectivity index (χ0) is 17.8. The Bertz CT molecular complexity index is 936. The van der Waals surface area contributed by atoms with Crippen LogP contribution < -0.4 is 14.9 Å². The zero-order valence-electron chi connectivity index (χ0n) is 14.8. The van der Waals surface area contributed by atoms with Gasteiger partial charge in [0, 0.05) is 10.9 Å². The van der Waals surface area contributed by atoms with Crippen LogP contribution in [0.15, 0.2) is 47.6 Å². The molecule has 0 atom stereocenters. The summed E-state index contributed by atoms with van der Waals surface area (Å²) < 4.78 is 10.6. The van der Waals surface area contributed by atoms with E-state index in [1.165, 1.54) is 0 Å². The molecule has 25 heavy (non-hydrogen) atoms. The summed E-state index contributed by atoms with van der Waals surface area (Å²) in [5, 5.41) is 5.46. The number of hydrogen-bond donors (Lipinski definition) is 1. The highest BCUT2D eigenvalue weighted by atomic mass is 16.5. The van der Waals surface area contributed by atoms with Gasteiger partial charge in [0.2, 0.25) is 0 Å². The Morgan fingerprint density at radius 2 is 1.84 bits per heavy atom. The molecule has 0 radical (unpaired) electrons. The Kier molecular flexibility index (Phi) is 4.84. The molecule has 0 amide bonds. The maximum absolute atomic E-state index is 5.35. The van der Waals surface area contributed by atoms with E-state index in [0.29, 0.717) is 5.82 Å². The largest absolute Gasteiger partial charge is 0.497 e. The molecule has 3 aromatic rings. The van der Waals surface area contributed by atoms with Crippen LogP contribution in [0.4, 0.5) is 5.82 Å². The third-order valence-corrected chi connectivity index (χ3v) is 4.07. The number of nitrogens with one attached hydrogen (secondary N) is 1. The summed E-state index contributed by atoms with van der Waals surface area (Å²) in [5.74, 6) is 2.18. The Morgan fingerprint density at radius 1 is 1.00 bits per heavy atom. The summed E-state index contributed by atoms with van der Waals surface area (Å²) in [4.78, 5) is 4.66. The van der Waals surface area contributed by atoms with Crippen molar-refractivity contribution in [2.45, 2.75) is 13.8 Å². The van der Waals surface area contributed by atoms with Crippen LogP contribution >= 0.6 is 0 Å². The van der Waals surface area contributed by atoms with Crippen molar-refractivity contribution >= 4 is 22.9 Å². The number of ether oxygens (including phenoxy) is 2. The zero-order valence-corrected chi connectivity index (χ0v) is 14.8. The molecule has 0 aliphatic rings. The molecule has 0 unspecified atom stereocenters. The number of aryl methyl sites for hydroxylation is 2. The van der Waals surface area contributed by atoms with Crippen LogP contribution in [-0.4, -0.2) is 25.4 Å². The first-order chi connectivity index (χ1) is 12.1. The van der Waals surface area contributed by atoms with Gasteiger partial charge in [-0.3, -0.25) is 5.43 Å². The van der Waals surface area contributed by atoms with Crippen LogP contribution in [0, 0.1) is 13.8 Å². The predicted molar refractivity (Wildman–Crippen MR) is 102 cm³/mol. The highest BCUT2D eigenvalue weighted by molar-refractivity contribution is 5.87. The number of nitrogens with zero attached hydrogens (tertiary/aromatic N) is 2. The quantitative estimate of drug-likeness (QED) is 0.557. The SMILES string of the molecule is COc1ccc(OC)c(/C=N/Nc2cc(C)c3cccc(C)c3n2)c1. The lowest BCUT2D eigenvalue weighted by atomic mass is 10.1. The third kappa shape index (κ3) is 3.55. The Labute approximate surface area is 147 Å². The average molecular weight is 335 g/mol. The van der Waals surface area contributed by atoms with Crippen molar-refractivity contribution < 1.29 is 9.47 Å². The number of hydrazone groups is 1. The van der Waals surface area contributed by atoms with Gasteiger partial charge in [0.25, 0.3) is 0 Å². The van der Waals surface area contributed by atoms with E-state index in [9.17, 15) is 0 Å². The van der Waals surface area contributed by atoms with Crippen LogP contribution in [0.25, 0.3) is 10.9 Å². The summed E-state index contributed by atoms with van der Waals surface area (Å²) in [6.07, 6.45) is 1.69. The van der Waals surface area contributed by atoms with Crippen LogP contribution in [0.2, 0.25) is 0 Å². The monoisotopic (exact) mass is 335 g/mol. The molecule has 0 bridgehead atoms. The number of anilines is 1. The normalized spacial score (nSPS) is 11.0. The van der Waals surface area contributed by atoms with Crippen molar-refractivity contribution in [2.24, 2.45) is 5.10 Å². The van der Waals surface area contributed by atoms with Crippen molar-refractivity contribution in [1.29, 1.82) is 0 Å². The van der Waals surface area contributed by atoms with E-state index in [-0.39, 0.29) is 0 Å². The molecule has 0 saturated carbocycles. The molecule has 5 heteroatoms. The second-order valence-electron chi connectivity index (χ2n) is 5.77. The maximum Gasteiger partial charge on any atom is 0.147 e. The molecule has 1 N–H and O–H groups in total. The van der Waals surface area contributed by atoms with Crippen molar-refractivity contribution in [3.8, 4) is 11.5 Å². The van der Waals surface area contributed by atoms with E-state index in [1.807, 2.05) is 30.3 Å². The van der Waals surface area contributed by atoms with E-state index < -0.39 is 0 Å². The van der Waals surface area contributed by atoms with Gasteiger partial charge in [0.05, 0.1) is 26.0 Å². The van der Waals surface area contributed by atoms with Crippen molar-refractivity contribution in [1.82, 2.24) is 4.98 Å². The molecule has 5 nitrogen and oxygen atoms in total. The van der Waals surface area contributed by atoms with Crippen LogP contribution in [0.5, 0.6) is 11.5 Å². The number of para-hydroxylation sites is 1. The highest BCUT2D eigenvalue weighted by Crippen LogP contribution is 2.24. The van der Waals surface area contributed by atoms with Gasteiger partial charge >= 0.3 is 0 Å². The maximum atomic E-state index is 5.35. The van der Waals surface area contributed by atoms with Crippen LogP contribution in [0.1, 0.15) is 16.7 Å². The fourth-order valence-electron chi connectivity index (χ4n) is 2.73. The van der Waals surface area contributed by atoms with Crippen molar-refractivity contribution in [3.63, 3.8) is 0 Å². The minimum Gasteiger partial charge on any atom is -0.497 e. The fraction of sp³-hybridized carbons (Fsp3) is 0.200. The fourth-order valence-corrected chi connectivity index (χ4v) is 2.73. The van der Waals surface area contributed by atoms with Gasteiger partial charge in [-0.2, -0.15) is 5.10 Å². The summed E-state index contributed by atoms with van der Waals surface area (Å²) in [5.41, 5.74) is 7.11. The summed E-state index contributed by atoms with van der Waals surface area (Å²) in [6, 6.07) is 13.7. The Morgan fingerprint density at radius 3 is 2.60 bits per heavy atom. The Balaban J connectivity index is 1.88. The molecular weight excluding hydrogens is 314 g/mol. The molecule has 1 aromatic heterocycles. The van der Waals surface area contributed by atoms with E-state index in [4.69, 9.17) is 9.47 Å². The van der Waals surface area contributed by atoms with E-state index in [0.717, 1.165) is 39.1 Å². The molecule has 2 aromatic carbocycles. The van der Waals surface area contributed by atoms with Gasteiger partial charge in [-0.15, -0.1) is 0 Å². The minimum atomic E-state index is 0.706. The van der Waals surface area contributed by atoms with Gasteiger partial charge < -0.3 is 9.47 Å². The predicted octanol–water partition coefficient (Wildman–Crippen LogP) is 4.31. The highest BCUT2D eigenvalue weighted by Gasteiger charge is 2.05. The number of hydrogen-bond acceptors (Lipinski definition) is 5. The molecule has 3 rings (SSSR count). The van der Waals surface area contributed by atoms with E-state index in [2.05, 4.69) is 41.5 Å². The number of fused-ring (bicyclic) bond motifs is 1. The molecule has 128 valence electrons. The van der Waals surface area contributed by atoms with E-state index in [1.54, 1.807) is 20.4 Å². The van der Waals surface area contributed by atoms with Gasteiger partial charge in [0.1, 0.15) is 17.3 Å². The lowest BCUT2D eigenvalue weighted by molar-refractivity contribution is 0.402. The first-order valence-corrected chi connectivity index (χ1v) is 8.00. The summed E-state index contributed by atoms with van der Waals surface area (Å²) in [7, 11) is 3.26. The molecule has 0 aliphatic carbocycles. The summed E-state index contributed by atoms with van der Waals surface area (Å²) >= 11 is 0. The minimum absolute atomic E-state index is 0.706. The van der Waals surface area contributed by atoms with Crippen LogP contribution in [0.3, 0.4) is 0 Å². The van der Waals surface area contributed by atoms with E-state index >= 15 is 0 Å². The molecule has 0 aliphatic heterocycles. The molecule has 1 heterocycles. The van der Waals surface area contributed by atoms with Crippen LogP contribution in [-0.2, 0) is 0 Å². The number of methoxy groups -OCH3 is 2. The molecule has 0 fully saturated rings. The smallest absolute Gasteiger partial charge is 0.147 e. The number of aromatic nitrogens is 1. The molecule has 0 saturated heterocycles. The lowest BCUT2D eigenvalue weighted by Crippen LogP contribution is -1.98. The number of pyridine rings is 1. The standard InChI is InChI=1S/C20H21N3O2/c1-13-6-5-7-17-14(2)10-19(22-20(13)17)23-21-12-15-11-16(24-3)8-9-18(15)25-4/h5-12H,1-4H3,(H,22,23)/b21-12+. The van der Waals surface area contributed by atoms with Crippen molar-refractivity contribution in [2.75, 3.05) is 19.6 Å². The van der Waals surface area contributed by atoms with Crippen molar-refractivity contribution in [3.05, 3.63) is 59.2 Å². The van der Waals surface area contributed by atoms with Gasteiger partial charge in [-0.05, 0) is 49.2 Å². The molecule has 0 spiro atoms. The second-order valence-corrected chi connectivity index (χ2v) is 5.77. The lowest BCUT2D eigenvalue weighted by Gasteiger charge is -2.08. The van der Waals surface area contributed by atoms with Gasteiger partial charge in [0.15, 0.2) is 0 Å². The summed E-state index contributed by atoms with van der Waals surface area (Å²) in [6.45, 7) is 4.13. The topological polar surface area (TPSA) is 55.7 Å². The number of rotatable bonds is 5.